The van der Waals surface area contributed by atoms with Gasteiger partial charge in [-0.05, 0) is 18.2 Å². The standard InChI is InChI=1S/C11H7ClN4O2/c12-9-5-4-8(16(17)18)7-10(9)14-15-11-3-1-2-6-13-11/h1-7H. The van der Waals surface area contributed by atoms with Gasteiger partial charge in [-0.3, -0.25) is 10.1 Å². The van der Waals surface area contributed by atoms with Crippen LogP contribution in [0.5, 0.6) is 0 Å². The van der Waals surface area contributed by atoms with E-state index < -0.39 is 4.92 Å². The highest BCUT2D eigenvalue weighted by Gasteiger charge is 2.09. The molecule has 7 heteroatoms. The van der Waals surface area contributed by atoms with Gasteiger partial charge in [0.1, 0.15) is 5.69 Å². The van der Waals surface area contributed by atoms with Gasteiger partial charge in [0.2, 0.25) is 0 Å². The molecule has 90 valence electrons. The molecule has 0 amide bonds. The smallest absolute Gasteiger partial charge is 0.258 e. The number of pyridine rings is 1. The third-order valence-electron chi connectivity index (χ3n) is 2.05. The van der Waals surface area contributed by atoms with Crippen LogP contribution in [0.15, 0.2) is 52.8 Å². The Balaban J connectivity index is 2.31. The van der Waals surface area contributed by atoms with E-state index in [2.05, 4.69) is 15.2 Å². The van der Waals surface area contributed by atoms with Gasteiger partial charge in [-0.2, -0.15) is 0 Å². The van der Waals surface area contributed by atoms with Crippen molar-refractivity contribution in [2.24, 2.45) is 10.2 Å². The van der Waals surface area contributed by atoms with Crippen LogP contribution in [0.25, 0.3) is 0 Å². The molecule has 0 fully saturated rings. The first-order valence-corrected chi connectivity index (χ1v) is 5.31. The van der Waals surface area contributed by atoms with E-state index in [-0.39, 0.29) is 11.4 Å². The van der Waals surface area contributed by atoms with Crippen molar-refractivity contribution in [2.75, 3.05) is 0 Å². The van der Waals surface area contributed by atoms with Crippen LogP contribution in [0, 0.1) is 10.1 Å². The zero-order valence-corrected chi connectivity index (χ0v) is 9.78. The fourth-order valence-corrected chi connectivity index (χ4v) is 1.36. The first-order chi connectivity index (χ1) is 8.66. The number of aromatic nitrogens is 1. The number of nitro groups is 1. The first-order valence-electron chi connectivity index (χ1n) is 4.93. The molecule has 0 aliphatic heterocycles. The Morgan fingerprint density at radius 1 is 1.22 bits per heavy atom. The van der Waals surface area contributed by atoms with Crippen LogP contribution >= 0.6 is 11.6 Å². The summed E-state index contributed by atoms with van der Waals surface area (Å²) < 4.78 is 0. The molecule has 0 atom stereocenters. The molecule has 0 bridgehead atoms. The van der Waals surface area contributed by atoms with Crippen molar-refractivity contribution in [3.63, 3.8) is 0 Å². The van der Waals surface area contributed by atoms with Crippen molar-refractivity contribution in [3.05, 3.63) is 57.7 Å². The van der Waals surface area contributed by atoms with E-state index in [1.807, 2.05) is 0 Å². The molecule has 6 nitrogen and oxygen atoms in total. The maximum atomic E-state index is 10.6. The molecule has 2 rings (SSSR count). The maximum Gasteiger partial charge on any atom is 0.271 e. The van der Waals surface area contributed by atoms with Crippen molar-refractivity contribution >= 4 is 28.8 Å². The van der Waals surface area contributed by atoms with Crippen LogP contribution in [0.4, 0.5) is 17.2 Å². The average molecular weight is 263 g/mol. The lowest BCUT2D eigenvalue weighted by Crippen LogP contribution is -1.86. The molecule has 0 aliphatic carbocycles. The summed E-state index contributed by atoms with van der Waals surface area (Å²) in [6.45, 7) is 0. The molecule has 0 spiro atoms. The molecule has 1 aromatic carbocycles. The van der Waals surface area contributed by atoms with Gasteiger partial charge in [0, 0.05) is 18.3 Å². The number of nitrogens with zero attached hydrogens (tertiary/aromatic N) is 4. The van der Waals surface area contributed by atoms with E-state index in [4.69, 9.17) is 11.6 Å². The Morgan fingerprint density at radius 2 is 2.06 bits per heavy atom. The third-order valence-corrected chi connectivity index (χ3v) is 2.37. The fraction of sp³-hybridized carbons (Fsp3) is 0. The van der Waals surface area contributed by atoms with E-state index in [1.165, 1.54) is 18.2 Å². The van der Waals surface area contributed by atoms with E-state index in [0.29, 0.717) is 10.8 Å². The van der Waals surface area contributed by atoms with Crippen LogP contribution < -0.4 is 0 Å². The average Bonchev–Trinajstić information content (AvgIpc) is 2.38. The van der Waals surface area contributed by atoms with Crippen LogP contribution in [0.3, 0.4) is 0 Å². The minimum Gasteiger partial charge on any atom is -0.258 e. The highest BCUT2D eigenvalue weighted by atomic mass is 35.5. The monoisotopic (exact) mass is 262 g/mol. The summed E-state index contributed by atoms with van der Waals surface area (Å²) in [7, 11) is 0. The molecule has 0 unspecified atom stereocenters. The van der Waals surface area contributed by atoms with E-state index >= 15 is 0 Å². The SMILES string of the molecule is O=[N+]([O-])c1ccc(Cl)c(N=Nc2ccccn2)c1. The summed E-state index contributed by atoms with van der Waals surface area (Å²) in [4.78, 5) is 14.0. The molecular weight excluding hydrogens is 256 g/mol. The summed E-state index contributed by atoms with van der Waals surface area (Å²) >= 11 is 5.87. The number of azo groups is 1. The largest absolute Gasteiger partial charge is 0.271 e. The van der Waals surface area contributed by atoms with Gasteiger partial charge >= 0.3 is 0 Å². The predicted octanol–water partition coefficient (Wildman–Crippen LogP) is 4.06. The number of hydrogen-bond donors (Lipinski definition) is 0. The molecule has 1 aromatic heterocycles. The van der Waals surface area contributed by atoms with E-state index in [9.17, 15) is 10.1 Å². The van der Waals surface area contributed by atoms with Crippen molar-refractivity contribution in [1.82, 2.24) is 4.98 Å². The Morgan fingerprint density at radius 3 is 2.72 bits per heavy atom. The van der Waals surface area contributed by atoms with Gasteiger partial charge in [0.15, 0.2) is 5.82 Å². The van der Waals surface area contributed by atoms with Crippen LogP contribution in [0.1, 0.15) is 0 Å². The van der Waals surface area contributed by atoms with Gasteiger partial charge in [0.25, 0.3) is 5.69 Å². The molecule has 0 aliphatic rings. The van der Waals surface area contributed by atoms with E-state index in [1.54, 1.807) is 24.4 Å². The Hall–Kier alpha value is -2.34. The molecule has 2 aromatic rings. The first kappa shape index (κ1) is 12.1. The quantitative estimate of drug-likeness (QED) is 0.475. The Bertz CT molecular complexity index is 601. The van der Waals surface area contributed by atoms with Crippen LogP contribution in [0.2, 0.25) is 5.02 Å². The number of rotatable bonds is 3. The number of benzene rings is 1. The lowest BCUT2D eigenvalue weighted by atomic mass is 10.3. The van der Waals surface area contributed by atoms with E-state index in [0.717, 1.165) is 0 Å². The van der Waals surface area contributed by atoms with Crippen molar-refractivity contribution in [3.8, 4) is 0 Å². The van der Waals surface area contributed by atoms with Crippen LogP contribution in [-0.4, -0.2) is 9.91 Å². The Labute approximate surface area is 107 Å². The minimum atomic E-state index is -0.518. The van der Waals surface area contributed by atoms with Crippen molar-refractivity contribution < 1.29 is 4.92 Å². The number of non-ortho nitro benzene ring substituents is 1. The zero-order chi connectivity index (χ0) is 13.0. The summed E-state index contributed by atoms with van der Waals surface area (Å²) in [5.41, 5.74) is 0.144. The predicted molar refractivity (Wildman–Crippen MR) is 66.5 cm³/mol. The number of halogens is 1. The summed E-state index contributed by atoms with van der Waals surface area (Å²) in [6.07, 6.45) is 1.57. The molecule has 0 N–H and O–H groups in total. The Kier molecular flexibility index (Phi) is 3.59. The summed E-state index contributed by atoms with van der Waals surface area (Å²) in [6, 6.07) is 9.15. The zero-order valence-electron chi connectivity index (χ0n) is 9.02. The second-order valence-corrected chi connectivity index (χ2v) is 3.69. The molecule has 0 saturated carbocycles. The highest BCUT2D eigenvalue weighted by molar-refractivity contribution is 6.33. The molecule has 0 radical (unpaired) electrons. The topological polar surface area (TPSA) is 80.8 Å². The fourth-order valence-electron chi connectivity index (χ4n) is 1.21. The van der Waals surface area contributed by atoms with Crippen molar-refractivity contribution in [1.29, 1.82) is 0 Å². The second kappa shape index (κ2) is 5.33. The number of hydrogen-bond acceptors (Lipinski definition) is 5. The lowest BCUT2D eigenvalue weighted by molar-refractivity contribution is -0.384. The highest BCUT2D eigenvalue weighted by Crippen LogP contribution is 2.30. The van der Waals surface area contributed by atoms with Gasteiger partial charge in [-0.25, -0.2) is 4.98 Å². The van der Waals surface area contributed by atoms with Gasteiger partial charge < -0.3 is 0 Å². The molecule has 0 saturated heterocycles. The normalized spacial score (nSPS) is 10.7. The maximum absolute atomic E-state index is 10.6. The minimum absolute atomic E-state index is 0.0885. The molecule has 1 heterocycles. The molecule has 18 heavy (non-hydrogen) atoms. The summed E-state index contributed by atoms with van der Waals surface area (Å²) in [5.74, 6) is 0.403. The lowest BCUT2D eigenvalue weighted by Gasteiger charge is -1.96. The van der Waals surface area contributed by atoms with Gasteiger partial charge in [-0.1, -0.05) is 17.7 Å². The van der Waals surface area contributed by atoms with Gasteiger partial charge in [0.05, 0.1) is 9.95 Å². The molecular formula is C11H7ClN4O2. The number of nitro benzene ring substituents is 1. The van der Waals surface area contributed by atoms with Gasteiger partial charge in [-0.15, -0.1) is 10.2 Å². The third kappa shape index (κ3) is 2.86. The summed E-state index contributed by atoms with van der Waals surface area (Å²) in [5, 5.41) is 18.6. The van der Waals surface area contributed by atoms with Crippen LogP contribution in [-0.2, 0) is 0 Å². The second-order valence-electron chi connectivity index (χ2n) is 3.28. The van der Waals surface area contributed by atoms with Crippen molar-refractivity contribution in [2.45, 2.75) is 0 Å².